The molecule has 9 nitrogen and oxygen atoms in total. The maximum absolute atomic E-state index is 12.8. The third kappa shape index (κ3) is 20.3. The quantitative estimate of drug-likeness (QED) is 0.0819. The van der Waals surface area contributed by atoms with Crippen molar-refractivity contribution in [3.05, 3.63) is 22.7 Å². The lowest BCUT2D eigenvalue weighted by Crippen LogP contribution is -2.25. The Morgan fingerprint density at radius 2 is 1.31 bits per heavy atom. The minimum atomic E-state index is -3.38. The standard InChI is InChI=1S/C29H56N3O6P/c1-3-5-6-7-8-9-10-11-12-13-14-15-16-17-18-19-23-35-25-26-38-39(34,37-4-2)27-36-24-22-32-21-20-28(30)31-29(32)33/h20-21H,3-19,22-27H2,1-2H3,(H2,30,31,33). The van der Waals surface area contributed by atoms with Gasteiger partial charge in [0.15, 0.2) is 0 Å². The number of aromatic nitrogens is 2. The Bertz CT molecular complexity index is 807. The maximum Gasteiger partial charge on any atom is 0.356 e. The highest BCUT2D eigenvalue weighted by Crippen LogP contribution is 2.47. The van der Waals surface area contributed by atoms with Crippen molar-refractivity contribution >= 4 is 13.4 Å². The molecule has 228 valence electrons. The van der Waals surface area contributed by atoms with Gasteiger partial charge in [0.2, 0.25) is 0 Å². The molecule has 0 saturated heterocycles. The Balaban J connectivity index is 1.93. The van der Waals surface area contributed by atoms with E-state index in [4.69, 9.17) is 24.3 Å². The minimum Gasteiger partial charge on any atom is -0.383 e. The fourth-order valence-electron chi connectivity index (χ4n) is 4.35. The number of hydrogen-bond acceptors (Lipinski definition) is 8. The molecule has 1 unspecified atom stereocenters. The van der Waals surface area contributed by atoms with Crippen molar-refractivity contribution in [3.63, 3.8) is 0 Å². The van der Waals surface area contributed by atoms with E-state index in [0.29, 0.717) is 13.2 Å². The van der Waals surface area contributed by atoms with E-state index in [2.05, 4.69) is 11.9 Å². The molecule has 10 heteroatoms. The molecule has 1 heterocycles. The van der Waals surface area contributed by atoms with Crippen LogP contribution in [-0.2, 0) is 29.6 Å². The summed E-state index contributed by atoms with van der Waals surface area (Å²) in [6.07, 6.45) is 22.9. The van der Waals surface area contributed by atoms with Crippen LogP contribution in [0.5, 0.6) is 0 Å². The van der Waals surface area contributed by atoms with Gasteiger partial charge < -0.3 is 24.3 Å². The second-order valence-electron chi connectivity index (χ2n) is 10.1. The van der Waals surface area contributed by atoms with Crippen LogP contribution in [0, 0.1) is 0 Å². The lowest BCUT2D eigenvalue weighted by Gasteiger charge is -2.18. The number of nitrogens with zero attached hydrogens (tertiary/aromatic N) is 2. The zero-order valence-corrected chi connectivity index (χ0v) is 25.7. The zero-order chi connectivity index (χ0) is 28.4. The number of anilines is 1. The molecule has 0 bridgehead atoms. The third-order valence-corrected chi connectivity index (χ3v) is 8.33. The van der Waals surface area contributed by atoms with Crippen molar-refractivity contribution in [2.45, 2.75) is 123 Å². The number of rotatable bonds is 28. The van der Waals surface area contributed by atoms with Crippen LogP contribution >= 0.6 is 7.60 Å². The Morgan fingerprint density at radius 3 is 1.85 bits per heavy atom. The molecule has 1 rings (SSSR count). The van der Waals surface area contributed by atoms with Gasteiger partial charge in [0.25, 0.3) is 0 Å². The second kappa shape index (κ2) is 24.5. The van der Waals surface area contributed by atoms with E-state index in [0.717, 1.165) is 6.42 Å². The number of ether oxygens (including phenoxy) is 2. The number of hydrogen-bond donors (Lipinski definition) is 1. The number of unbranched alkanes of at least 4 members (excludes halogenated alkanes) is 15. The highest BCUT2D eigenvalue weighted by molar-refractivity contribution is 7.53. The fourth-order valence-corrected chi connectivity index (χ4v) is 5.67. The summed E-state index contributed by atoms with van der Waals surface area (Å²) in [6.45, 7) is 5.94. The van der Waals surface area contributed by atoms with Gasteiger partial charge in [-0.2, -0.15) is 4.98 Å². The smallest absolute Gasteiger partial charge is 0.356 e. The second-order valence-corrected chi connectivity index (χ2v) is 12.1. The van der Waals surface area contributed by atoms with Crippen LogP contribution < -0.4 is 11.4 Å². The van der Waals surface area contributed by atoms with Gasteiger partial charge in [-0.05, 0) is 19.4 Å². The van der Waals surface area contributed by atoms with Crippen molar-refractivity contribution in [2.24, 2.45) is 0 Å². The zero-order valence-electron chi connectivity index (χ0n) is 24.8. The minimum absolute atomic E-state index is 0.168. The first-order valence-electron chi connectivity index (χ1n) is 15.4. The summed E-state index contributed by atoms with van der Waals surface area (Å²) in [5, 5.41) is 0. The average Bonchev–Trinajstić information content (AvgIpc) is 2.91. The molecule has 0 aliphatic rings. The number of nitrogens with two attached hydrogens (primary N) is 1. The summed E-state index contributed by atoms with van der Waals surface area (Å²) in [4.78, 5) is 15.4. The van der Waals surface area contributed by atoms with Crippen LogP contribution in [0.25, 0.3) is 0 Å². The molecule has 2 N–H and O–H groups in total. The lowest BCUT2D eigenvalue weighted by atomic mass is 10.0. The van der Waals surface area contributed by atoms with Gasteiger partial charge >= 0.3 is 13.3 Å². The van der Waals surface area contributed by atoms with Crippen molar-refractivity contribution in [3.8, 4) is 0 Å². The number of nitrogen functional groups attached to an aromatic ring is 1. The highest BCUT2D eigenvalue weighted by Gasteiger charge is 2.24. The Labute approximate surface area is 237 Å². The lowest BCUT2D eigenvalue weighted by molar-refractivity contribution is 0.0777. The monoisotopic (exact) mass is 573 g/mol. The first-order valence-corrected chi connectivity index (χ1v) is 17.1. The molecule has 0 radical (unpaired) electrons. The van der Waals surface area contributed by atoms with E-state index >= 15 is 0 Å². The third-order valence-electron chi connectivity index (χ3n) is 6.61. The first-order chi connectivity index (χ1) is 19.0. The summed E-state index contributed by atoms with van der Waals surface area (Å²) in [7, 11) is -3.38. The van der Waals surface area contributed by atoms with E-state index in [1.54, 1.807) is 13.1 Å². The van der Waals surface area contributed by atoms with Gasteiger partial charge in [-0.25, -0.2) is 4.79 Å². The average molecular weight is 574 g/mol. The molecule has 1 atom stereocenters. The van der Waals surface area contributed by atoms with Crippen LogP contribution in [0.3, 0.4) is 0 Å². The van der Waals surface area contributed by atoms with Crippen LogP contribution in [0.4, 0.5) is 5.82 Å². The summed E-state index contributed by atoms with van der Waals surface area (Å²) >= 11 is 0. The molecular formula is C29H56N3O6P. The van der Waals surface area contributed by atoms with E-state index < -0.39 is 13.3 Å². The molecule has 0 amide bonds. The SMILES string of the molecule is CCCCCCCCCCCCCCCCCCOCCOP(=O)(COCCn1ccc(N)nc1=O)OCC. The summed E-state index contributed by atoms with van der Waals surface area (Å²) in [5.74, 6) is 0.170. The molecular weight excluding hydrogens is 517 g/mol. The largest absolute Gasteiger partial charge is 0.383 e. The first kappa shape index (κ1) is 35.8. The fraction of sp³-hybridized carbons (Fsp3) is 0.862. The van der Waals surface area contributed by atoms with E-state index in [1.165, 1.54) is 107 Å². The highest BCUT2D eigenvalue weighted by atomic mass is 31.2. The van der Waals surface area contributed by atoms with Gasteiger partial charge in [-0.1, -0.05) is 103 Å². The summed E-state index contributed by atoms with van der Waals surface area (Å²) < 4.78 is 36.1. The van der Waals surface area contributed by atoms with Gasteiger partial charge in [0.05, 0.1) is 33.0 Å². The Hall–Kier alpha value is -1.25. The van der Waals surface area contributed by atoms with Crippen molar-refractivity contribution in [2.75, 3.05) is 45.1 Å². The maximum atomic E-state index is 12.8. The molecule has 1 aromatic heterocycles. The van der Waals surface area contributed by atoms with E-state index in [-0.39, 0.29) is 38.5 Å². The molecule has 0 aliphatic carbocycles. The van der Waals surface area contributed by atoms with Crippen LogP contribution in [-0.4, -0.2) is 48.9 Å². The van der Waals surface area contributed by atoms with Crippen LogP contribution in [0.15, 0.2) is 17.1 Å². The molecule has 0 aliphatic heterocycles. The van der Waals surface area contributed by atoms with Gasteiger partial charge in [-0.3, -0.25) is 9.13 Å². The van der Waals surface area contributed by atoms with Crippen molar-refractivity contribution in [1.82, 2.24) is 9.55 Å². The molecule has 39 heavy (non-hydrogen) atoms. The van der Waals surface area contributed by atoms with Crippen molar-refractivity contribution < 1.29 is 23.1 Å². The van der Waals surface area contributed by atoms with E-state index in [1.807, 2.05) is 0 Å². The predicted octanol–water partition coefficient (Wildman–Crippen LogP) is 7.32. The molecule has 0 aromatic carbocycles. The Morgan fingerprint density at radius 1 is 0.744 bits per heavy atom. The van der Waals surface area contributed by atoms with Gasteiger partial charge in [0.1, 0.15) is 12.2 Å². The summed E-state index contributed by atoms with van der Waals surface area (Å²) in [6, 6.07) is 1.54. The van der Waals surface area contributed by atoms with Gasteiger partial charge in [-0.15, -0.1) is 0 Å². The topological polar surface area (TPSA) is 115 Å². The molecule has 0 fully saturated rings. The van der Waals surface area contributed by atoms with Crippen LogP contribution in [0.2, 0.25) is 0 Å². The molecule has 1 aromatic rings. The van der Waals surface area contributed by atoms with Crippen molar-refractivity contribution in [1.29, 1.82) is 0 Å². The van der Waals surface area contributed by atoms with Gasteiger partial charge in [0, 0.05) is 12.8 Å². The molecule has 0 spiro atoms. The predicted molar refractivity (Wildman–Crippen MR) is 159 cm³/mol. The molecule has 0 saturated carbocycles. The van der Waals surface area contributed by atoms with E-state index in [9.17, 15) is 9.36 Å². The van der Waals surface area contributed by atoms with Crippen LogP contribution in [0.1, 0.15) is 117 Å². The Kier molecular flexibility index (Phi) is 22.5. The summed E-state index contributed by atoms with van der Waals surface area (Å²) in [5.41, 5.74) is 5.03. The normalized spacial score (nSPS) is 13.1.